The van der Waals surface area contributed by atoms with Crippen LogP contribution in [0, 0.1) is 11.7 Å². The van der Waals surface area contributed by atoms with Gasteiger partial charge in [0.15, 0.2) is 5.90 Å². The number of hydrogen-bond acceptors (Lipinski definition) is 7. The van der Waals surface area contributed by atoms with E-state index in [9.17, 15) is 9.18 Å². The van der Waals surface area contributed by atoms with Gasteiger partial charge >= 0.3 is 17.5 Å². The van der Waals surface area contributed by atoms with Gasteiger partial charge in [-0.1, -0.05) is 24.9 Å². The van der Waals surface area contributed by atoms with Crippen LogP contribution in [0.4, 0.5) is 10.1 Å². The molecule has 1 aromatic heterocycles. The Balaban J connectivity index is 0.00000108. The van der Waals surface area contributed by atoms with Gasteiger partial charge in [0.2, 0.25) is 0 Å². The second kappa shape index (κ2) is 12.7. The number of unbranched alkanes of at least 4 members (excludes halogenated alkanes) is 1. The van der Waals surface area contributed by atoms with Crippen LogP contribution < -0.4 is 4.74 Å². The smallest absolute Gasteiger partial charge is 0.335 e. The molecule has 8 nitrogen and oxygen atoms in total. The number of ether oxygens (including phenoxy) is 2. The number of rotatable bonds is 7. The number of carboxylic acid groups (broad SMARTS) is 1. The summed E-state index contributed by atoms with van der Waals surface area (Å²) in [5.41, 5.74) is 1.97. The van der Waals surface area contributed by atoms with Crippen LogP contribution in [0.3, 0.4) is 0 Å². The van der Waals surface area contributed by atoms with Crippen LogP contribution >= 0.6 is 11.6 Å². The normalized spacial score (nSPS) is 18.5. The second-order valence-corrected chi connectivity index (χ2v) is 8.85. The van der Waals surface area contributed by atoms with E-state index in [4.69, 9.17) is 34.6 Å². The Kier molecular flexibility index (Phi) is 9.73. The molecule has 4 rings (SSSR count). The van der Waals surface area contributed by atoms with Gasteiger partial charge in [0, 0.05) is 11.6 Å². The standard InChI is InChI=1S/C24H26ClFN2O4.O2S/c1-2-3-10-31-16-8-9-17(19(26)11-16)23-18(25)12-20-21(28-23)13-22(27-20)32-15-6-4-14(5-7-15)24(29)30;1-3-2/h8-9,11-12,14-15H,2-7,10,13H2,1H3,(H,29,30);. The van der Waals surface area contributed by atoms with Crippen LogP contribution in [0.25, 0.3) is 11.3 Å². The lowest BCUT2D eigenvalue weighted by molar-refractivity contribution is -0.143. The number of aliphatic imine (C=N–C) groups is 1. The molecule has 0 bridgehead atoms. The molecule has 2 aromatic rings. The summed E-state index contributed by atoms with van der Waals surface area (Å²) in [5.74, 6) is -0.459. The first-order valence-corrected chi connectivity index (χ1v) is 12.4. The van der Waals surface area contributed by atoms with Crippen LogP contribution in [0.1, 0.15) is 51.1 Å². The summed E-state index contributed by atoms with van der Waals surface area (Å²) in [6.07, 6.45) is 4.84. The van der Waals surface area contributed by atoms with Crippen molar-refractivity contribution in [3.8, 4) is 17.0 Å². The first-order chi connectivity index (χ1) is 16.9. The molecule has 0 atom stereocenters. The van der Waals surface area contributed by atoms with Gasteiger partial charge in [-0.05, 0) is 50.3 Å². The maximum Gasteiger partial charge on any atom is 0.335 e. The molecule has 188 valence electrons. The zero-order chi connectivity index (χ0) is 25.4. The third kappa shape index (κ3) is 7.08. The number of nitrogens with zero attached hydrogens (tertiary/aromatic N) is 2. The van der Waals surface area contributed by atoms with Gasteiger partial charge < -0.3 is 14.6 Å². The molecule has 1 N–H and O–H groups in total. The third-order valence-electron chi connectivity index (χ3n) is 5.88. The predicted octanol–water partition coefficient (Wildman–Crippen LogP) is 5.30. The van der Waals surface area contributed by atoms with E-state index in [2.05, 4.69) is 16.9 Å². The molecule has 1 aliphatic carbocycles. The van der Waals surface area contributed by atoms with E-state index in [0.717, 1.165) is 12.8 Å². The topological polar surface area (TPSA) is 115 Å². The fourth-order valence-electron chi connectivity index (χ4n) is 4.05. The van der Waals surface area contributed by atoms with Crippen molar-refractivity contribution >= 4 is 40.7 Å². The Labute approximate surface area is 211 Å². The fraction of sp³-hybridized carbons (Fsp3) is 0.458. The summed E-state index contributed by atoms with van der Waals surface area (Å²) in [7, 11) is 0. The molecule has 2 aliphatic rings. The number of hydrogen-bond donors (Lipinski definition) is 1. The Hall–Kier alpha value is -2.85. The SMILES string of the molecule is CCCCOc1ccc(-c2nc3c(cc2Cl)N=C(OC2CCC(C(=O)O)CC2)C3)c(F)c1.O=S=O. The van der Waals surface area contributed by atoms with E-state index < -0.39 is 23.4 Å². The minimum atomic E-state index is -0.750. The number of carbonyl (C=O) groups is 1. The number of pyridine rings is 1. The van der Waals surface area contributed by atoms with E-state index in [0.29, 0.717) is 78.0 Å². The number of fused-ring (bicyclic) bond motifs is 1. The average Bonchev–Trinajstić information content (AvgIpc) is 3.21. The van der Waals surface area contributed by atoms with Crippen molar-refractivity contribution in [2.45, 2.75) is 58.0 Å². The minimum absolute atomic E-state index is 0.0497. The monoisotopic (exact) mass is 524 g/mol. The molecule has 2 heterocycles. The molecule has 0 unspecified atom stereocenters. The van der Waals surface area contributed by atoms with Gasteiger partial charge in [-0.25, -0.2) is 14.4 Å². The molecule has 1 aliphatic heterocycles. The highest BCUT2D eigenvalue weighted by molar-refractivity contribution is 7.51. The Bertz CT molecular complexity index is 1130. The van der Waals surface area contributed by atoms with E-state index in [-0.39, 0.29) is 12.0 Å². The highest BCUT2D eigenvalue weighted by atomic mass is 35.5. The van der Waals surface area contributed by atoms with Crippen molar-refractivity contribution in [2.75, 3.05) is 6.61 Å². The van der Waals surface area contributed by atoms with Gasteiger partial charge in [-0.15, -0.1) is 0 Å². The summed E-state index contributed by atoms with van der Waals surface area (Å²) < 4.78 is 42.9. The summed E-state index contributed by atoms with van der Waals surface area (Å²) in [5, 5.41) is 9.45. The molecule has 0 saturated heterocycles. The molecule has 1 saturated carbocycles. The highest BCUT2D eigenvalue weighted by Crippen LogP contribution is 2.37. The van der Waals surface area contributed by atoms with Crippen molar-refractivity contribution < 1.29 is 32.2 Å². The van der Waals surface area contributed by atoms with Crippen LogP contribution in [-0.4, -0.2) is 43.1 Å². The number of benzene rings is 1. The van der Waals surface area contributed by atoms with Crippen LogP contribution in [0.5, 0.6) is 5.75 Å². The van der Waals surface area contributed by atoms with Crippen molar-refractivity contribution in [1.29, 1.82) is 0 Å². The largest absolute Gasteiger partial charge is 0.493 e. The molecule has 11 heteroatoms. The Morgan fingerprint density at radius 3 is 2.57 bits per heavy atom. The van der Waals surface area contributed by atoms with E-state index in [1.165, 1.54) is 6.07 Å². The molecular formula is C24H26ClFN2O6S. The van der Waals surface area contributed by atoms with Gasteiger partial charge in [-0.2, -0.15) is 8.42 Å². The molecule has 1 fully saturated rings. The van der Waals surface area contributed by atoms with Crippen LogP contribution in [0.15, 0.2) is 29.3 Å². The lowest BCUT2D eigenvalue weighted by Gasteiger charge is -2.26. The molecule has 1 aromatic carbocycles. The predicted molar refractivity (Wildman–Crippen MR) is 129 cm³/mol. The first-order valence-electron chi connectivity index (χ1n) is 11.4. The number of aliphatic carboxylic acids is 1. The van der Waals surface area contributed by atoms with Crippen molar-refractivity contribution in [3.63, 3.8) is 0 Å². The molecule has 35 heavy (non-hydrogen) atoms. The van der Waals surface area contributed by atoms with Crippen molar-refractivity contribution in [3.05, 3.63) is 40.8 Å². The zero-order valence-corrected chi connectivity index (χ0v) is 20.7. The lowest BCUT2D eigenvalue weighted by atomic mass is 9.87. The van der Waals surface area contributed by atoms with E-state index >= 15 is 0 Å². The maximum absolute atomic E-state index is 14.8. The highest BCUT2D eigenvalue weighted by Gasteiger charge is 2.29. The van der Waals surface area contributed by atoms with E-state index in [1.807, 2.05) is 0 Å². The van der Waals surface area contributed by atoms with Crippen molar-refractivity contribution in [1.82, 2.24) is 4.98 Å². The molecule has 0 spiro atoms. The number of aromatic nitrogens is 1. The summed E-state index contributed by atoms with van der Waals surface area (Å²) in [6.45, 7) is 2.61. The van der Waals surface area contributed by atoms with Gasteiger partial charge in [0.1, 0.15) is 17.7 Å². The molecule has 0 radical (unpaired) electrons. The summed E-state index contributed by atoms with van der Waals surface area (Å²) in [6, 6.07) is 6.39. The maximum atomic E-state index is 14.8. The van der Waals surface area contributed by atoms with Crippen molar-refractivity contribution in [2.24, 2.45) is 10.9 Å². The second-order valence-electron chi connectivity index (χ2n) is 8.31. The average molecular weight is 525 g/mol. The minimum Gasteiger partial charge on any atom is -0.493 e. The van der Waals surface area contributed by atoms with E-state index in [1.54, 1.807) is 18.2 Å². The fourth-order valence-corrected chi connectivity index (χ4v) is 4.30. The number of halogens is 2. The van der Waals surface area contributed by atoms with Gasteiger partial charge in [-0.3, -0.25) is 4.79 Å². The van der Waals surface area contributed by atoms with Crippen LogP contribution in [-0.2, 0) is 27.5 Å². The molecular weight excluding hydrogens is 499 g/mol. The number of carboxylic acids is 1. The Morgan fingerprint density at radius 2 is 1.94 bits per heavy atom. The van der Waals surface area contributed by atoms with Gasteiger partial charge in [0.05, 0.1) is 41.0 Å². The summed E-state index contributed by atoms with van der Waals surface area (Å²) in [4.78, 5) is 20.2. The van der Waals surface area contributed by atoms with Crippen LogP contribution in [0.2, 0.25) is 5.02 Å². The molecule has 0 amide bonds. The quantitative estimate of drug-likeness (QED) is 0.489. The third-order valence-corrected chi connectivity index (χ3v) is 6.17. The summed E-state index contributed by atoms with van der Waals surface area (Å²) >= 11 is 5.67. The zero-order valence-electron chi connectivity index (χ0n) is 19.2. The Morgan fingerprint density at radius 1 is 1.23 bits per heavy atom. The lowest BCUT2D eigenvalue weighted by Crippen LogP contribution is -2.27. The first kappa shape index (κ1) is 26.7. The van der Waals surface area contributed by atoms with Gasteiger partial charge in [0.25, 0.3) is 0 Å².